The van der Waals surface area contributed by atoms with Crippen LogP contribution in [0.1, 0.15) is 51.5 Å². The number of para-hydroxylation sites is 1. The molecule has 2 amide bonds. The van der Waals surface area contributed by atoms with Gasteiger partial charge in [0.05, 0.1) is 6.54 Å². The van der Waals surface area contributed by atoms with Gasteiger partial charge in [0.15, 0.2) is 6.61 Å². The summed E-state index contributed by atoms with van der Waals surface area (Å²) in [4.78, 5) is 39.9. The van der Waals surface area contributed by atoms with Crippen LogP contribution < -0.4 is 5.32 Å². The predicted molar refractivity (Wildman–Crippen MR) is 120 cm³/mol. The number of likely N-dealkylation sites (N-methyl/N-ethyl adjacent to an activating group) is 1. The number of hydrogen-bond acceptors (Lipinski definition) is 5. The van der Waals surface area contributed by atoms with Crippen LogP contribution in [0.5, 0.6) is 0 Å². The molecule has 0 saturated carbocycles. The summed E-state index contributed by atoms with van der Waals surface area (Å²) in [7, 11) is 1.51. The minimum absolute atomic E-state index is 0.121. The Kier molecular flexibility index (Phi) is 8.59. The summed E-state index contributed by atoms with van der Waals surface area (Å²) in [6.07, 6.45) is 2.80. The van der Waals surface area contributed by atoms with E-state index in [0.29, 0.717) is 4.88 Å². The molecule has 0 spiro atoms. The van der Waals surface area contributed by atoms with Crippen molar-refractivity contribution >= 4 is 34.8 Å². The van der Waals surface area contributed by atoms with Crippen LogP contribution in [0.4, 0.5) is 5.69 Å². The SMILES string of the molecule is CCCc1sc(C(=O)OCC(=O)N(C)CC(=O)Nc2c(C)cccc2C)cc1CC. The van der Waals surface area contributed by atoms with E-state index in [1.165, 1.54) is 28.2 Å². The number of esters is 1. The number of benzene rings is 1. The van der Waals surface area contributed by atoms with E-state index in [1.54, 1.807) is 0 Å². The quantitative estimate of drug-likeness (QED) is 0.607. The molecule has 0 aliphatic rings. The normalized spacial score (nSPS) is 10.6. The van der Waals surface area contributed by atoms with Crippen LogP contribution in [-0.2, 0) is 27.2 Å². The number of hydrogen-bond donors (Lipinski definition) is 1. The van der Waals surface area contributed by atoms with Crippen LogP contribution in [0.3, 0.4) is 0 Å². The van der Waals surface area contributed by atoms with Gasteiger partial charge in [0, 0.05) is 17.6 Å². The Balaban J connectivity index is 1.88. The van der Waals surface area contributed by atoms with Gasteiger partial charge in [-0.05, 0) is 49.4 Å². The Morgan fingerprint density at radius 1 is 1.13 bits per heavy atom. The molecule has 162 valence electrons. The highest BCUT2D eigenvalue weighted by atomic mass is 32.1. The number of carbonyl (C=O) groups is 3. The first kappa shape index (κ1) is 23.6. The van der Waals surface area contributed by atoms with E-state index in [9.17, 15) is 14.4 Å². The monoisotopic (exact) mass is 430 g/mol. The summed E-state index contributed by atoms with van der Waals surface area (Å²) in [5.41, 5.74) is 3.81. The maximum absolute atomic E-state index is 12.3. The molecule has 7 heteroatoms. The van der Waals surface area contributed by atoms with E-state index in [2.05, 4.69) is 19.2 Å². The molecule has 0 aliphatic carbocycles. The largest absolute Gasteiger partial charge is 0.451 e. The Morgan fingerprint density at radius 2 is 1.80 bits per heavy atom. The molecule has 0 radical (unpaired) electrons. The maximum Gasteiger partial charge on any atom is 0.348 e. The lowest BCUT2D eigenvalue weighted by Gasteiger charge is -2.18. The lowest BCUT2D eigenvalue weighted by molar-refractivity contribution is -0.136. The second kappa shape index (κ2) is 10.9. The second-order valence-corrected chi connectivity index (χ2v) is 8.44. The van der Waals surface area contributed by atoms with Crippen molar-refractivity contribution < 1.29 is 19.1 Å². The highest BCUT2D eigenvalue weighted by molar-refractivity contribution is 7.14. The number of amides is 2. The number of aryl methyl sites for hydroxylation is 4. The van der Waals surface area contributed by atoms with Crippen LogP contribution >= 0.6 is 11.3 Å². The highest BCUT2D eigenvalue weighted by Gasteiger charge is 2.19. The number of carbonyl (C=O) groups excluding carboxylic acids is 3. The summed E-state index contributed by atoms with van der Waals surface area (Å²) in [6, 6.07) is 7.60. The molecule has 0 fully saturated rings. The van der Waals surface area contributed by atoms with E-state index >= 15 is 0 Å². The van der Waals surface area contributed by atoms with Gasteiger partial charge < -0.3 is 15.0 Å². The number of ether oxygens (including phenoxy) is 1. The van der Waals surface area contributed by atoms with Crippen molar-refractivity contribution in [1.29, 1.82) is 0 Å². The first-order valence-corrected chi connectivity index (χ1v) is 11.0. The molecule has 6 nitrogen and oxygen atoms in total. The first-order valence-electron chi connectivity index (χ1n) is 10.2. The summed E-state index contributed by atoms with van der Waals surface area (Å²) in [6.45, 7) is 7.47. The van der Waals surface area contributed by atoms with E-state index in [0.717, 1.165) is 41.6 Å². The Bertz CT molecular complexity index is 900. The van der Waals surface area contributed by atoms with E-state index in [4.69, 9.17) is 4.74 Å². The van der Waals surface area contributed by atoms with Gasteiger partial charge in [0.25, 0.3) is 5.91 Å². The third kappa shape index (κ3) is 6.16. The number of thiophene rings is 1. The van der Waals surface area contributed by atoms with Crippen LogP contribution in [0, 0.1) is 13.8 Å². The molecular weight excluding hydrogens is 400 g/mol. The lowest BCUT2D eigenvalue weighted by atomic mass is 10.1. The van der Waals surface area contributed by atoms with Crippen LogP contribution in [0.2, 0.25) is 0 Å². The molecule has 1 aromatic heterocycles. The summed E-state index contributed by atoms with van der Waals surface area (Å²) in [5, 5.41) is 2.84. The van der Waals surface area contributed by atoms with Gasteiger partial charge in [-0.2, -0.15) is 0 Å². The minimum Gasteiger partial charge on any atom is -0.451 e. The van der Waals surface area contributed by atoms with Gasteiger partial charge in [0.1, 0.15) is 4.88 Å². The molecular formula is C23H30N2O4S. The number of nitrogens with one attached hydrogen (secondary N) is 1. The topological polar surface area (TPSA) is 75.7 Å². The second-order valence-electron chi connectivity index (χ2n) is 7.30. The number of nitrogens with zero attached hydrogens (tertiary/aromatic N) is 1. The summed E-state index contributed by atoms with van der Waals surface area (Å²) >= 11 is 1.43. The van der Waals surface area contributed by atoms with Crippen molar-refractivity contribution in [3.63, 3.8) is 0 Å². The maximum atomic E-state index is 12.3. The molecule has 1 aromatic carbocycles. The standard InChI is InChI=1S/C23H30N2O4S/c1-6-9-18-17(7-2)12-19(30-18)23(28)29-14-21(27)25(5)13-20(26)24-22-15(3)10-8-11-16(22)4/h8,10-12H,6-7,9,13-14H2,1-5H3,(H,24,26). The van der Waals surface area contributed by atoms with Crippen molar-refractivity contribution in [2.75, 3.05) is 25.5 Å². The van der Waals surface area contributed by atoms with Crippen molar-refractivity contribution in [2.45, 2.75) is 47.0 Å². The fourth-order valence-corrected chi connectivity index (χ4v) is 4.36. The van der Waals surface area contributed by atoms with Crippen molar-refractivity contribution in [3.05, 3.63) is 50.7 Å². The Labute approximate surface area is 182 Å². The molecule has 0 saturated heterocycles. The highest BCUT2D eigenvalue weighted by Crippen LogP contribution is 2.25. The third-order valence-corrected chi connectivity index (χ3v) is 6.05. The molecule has 1 heterocycles. The fourth-order valence-electron chi connectivity index (χ4n) is 3.11. The predicted octanol–water partition coefficient (Wildman–Crippen LogP) is 4.13. The molecule has 2 aromatic rings. The zero-order valence-electron chi connectivity index (χ0n) is 18.3. The summed E-state index contributed by atoms with van der Waals surface area (Å²) < 4.78 is 5.19. The van der Waals surface area contributed by atoms with Crippen molar-refractivity contribution in [3.8, 4) is 0 Å². The van der Waals surface area contributed by atoms with Crippen LogP contribution in [0.15, 0.2) is 24.3 Å². The van der Waals surface area contributed by atoms with Gasteiger partial charge >= 0.3 is 5.97 Å². The third-order valence-electron chi connectivity index (χ3n) is 4.83. The molecule has 0 atom stereocenters. The molecule has 0 unspecified atom stereocenters. The van der Waals surface area contributed by atoms with E-state index in [-0.39, 0.29) is 12.5 Å². The average Bonchev–Trinajstić information content (AvgIpc) is 3.12. The van der Waals surface area contributed by atoms with Crippen molar-refractivity contribution in [2.24, 2.45) is 0 Å². The van der Waals surface area contributed by atoms with E-state index in [1.807, 2.05) is 38.1 Å². The van der Waals surface area contributed by atoms with Gasteiger partial charge in [-0.25, -0.2) is 4.79 Å². The van der Waals surface area contributed by atoms with Gasteiger partial charge in [0.2, 0.25) is 5.91 Å². The van der Waals surface area contributed by atoms with Crippen LogP contribution in [-0.4, -0.2) is 42.9 Å². The average molecular weight is 431 g/mol. The molecule has 0 bridgehead atoms. The lowest BCUT2D eigenvalue weighted by Crippen LogP contribution is -2.37. The smallest absolute Gasteiger partial charge is 0.348 e. The van der Waals surface area contributed by atoms with Crippen LogP contribution in [0.25, 0.3) is 0 Å². The molecule has 1 N–H and O–H groups in total. The fraction of sp³-hybridized carbons (Fsp3) is 0.435. The number of rotatable bonds is 9. The van der Waals surface area contributed by atoms with Gasteiger partial charge in [-0.3, -0.25) is 9.59 Å². The number of anilines is 1. The van der Waals surface area contributed by atoms with E-state index < -0.39 is 18.5 Å². The zero-order valence-corrected chi connectivity index (χ0v) is 19.1. The minimum atomic E-state index is -0.501. The summed E-state index contributed by atoms with van der Waals surface area (Å²) in [5.74, 6) is -1.23. The zero-order chi connectivity index (χ0) is 22.3. The Hall–Kier alpha value is -2.67. The Morgan fingerprint density at radius 3 is 2.40 bits per heavy atom. The molecule has 2 rings (SSSR count). The first-order chi connectivity index (χ1) is 14.3. The van der Waals surface area contributed by atoms with Gasteiger partial charge in [-0.15, -0.1) is 11.3 Å². The van der Waals surface area contributed by atoms with Gasteiger partial charge in [-0.1, -0.05) is 38.5 Å². The molecule has 0 aliphatic heterocycles. The van der Waals surface area contributed by atoms with Crippen molar-refractivity contribution in [1.82, 2.24) is 4.90 Å². The molecule has 30 heavy (non-hydrogen) atoms.